The molecule has 4 nitrogen and oxygen atoms in total. The first-order chi connectivity index (χ1) is 7.31. The summed E-state index contributed by atoms with van der Waals surface area (Å²) in [5, 5.41) is 0. The average Bonchev–Trinajstić information content (AvgIpc) is 2.36. The maximum absolute atomic E-state index is 11.9. The maximum atomic E-state index is 11.9. The first kappa shape index (κ1) is 16.6. The monoisotopic (exact) mass is 233 g/mol. The molecular weight excluding hydrogens is 213 g/mol. The standard InChI is InChI=1S/C12H20NO3.Li/c1-6-7-8-15-10(14)13-11(2,3)9-16-12(13,4)5;/h6,8H,1,7,9H2,2-5H3;/q-1;+1. The molecule has 0 aromatic heterocycles. The van der Waals surface area contributed by atoms with Crippen LogP contribution in [0.25, 0.3) is 0 Å². The molecule has 0 spiro atoms. The molecular formula is C12H20LiNO3. The van der Waals surface area contributed by atoms with Crippen molar-refractivity contribution in [1.29, 1.82) is 0 Å². The van der Waals surface area contributed by atoms with Crippen molar-refractivity contribution >= 4 is 6.09 Å². The van der Waals surface area contributed by atoms with Gasteiger partial charge in [-0.1, -0.05) is 0 Å². The van der Waals surface area contributed by atoms with Crippen LogP contribution in [0.5, 0.6) is 0 Å². The minimum absolute atomic E-state index is 0. The van der Waals surface area contributed by atoms with Gasteiger partial charge in [0.15, 0.2) is 0 Å². The second kappa shape index (κ2) is 5.95. The summed E-state index contributed by atoms with van der Waals surface area (Å²) in [7, 11) is 0. The largest absolute Gasteiger partial charge is 1.00 e. The number of carbonyl (C=O) groups excluding carboxylic acids is 1. The van der Waals surface area contributed by atoms with Crippen LogP contribution < -0.4 is 18.9 Å². The Morgan fingerprint density at radius 1 is 1.53 bits per heavy atom. The van der Waals surface area contributed by atoms with Crippen LogP contribution in [0.4, 0.5) is 4.79 Å². The molecule has 0 aromatic carbocycles. The molecule has 1 aliphatic heterocycles. The van der Waals surface area contributed by atoms with Gasteiger partial charge in [-0.15, -0.1) is 19.1 Å². The molecule has 0 atom stereocenters. The van der Waals surface area contributed by atoms with Gasteiger partial charge < -0.3 is 9.47 Å². The zero-order chi connectivity index (χ0) is 12.4. The molecule has 1 fully saturated rings. The van der Waals surface area contributed by atoms with Gasteiger partial charge in [-0.05, 0) is 27.7 Å². The fourth-order valence-electron chi connectivity index (χ4n) is 1.92. The number of rotatable bonds is 3. The van der Waals surface area contributed by atoms with Crippen molar-refractivity contribution in [3.8, 4) is 0 Å². The quantitative estimate of drug-likeness (QED) is 0.291. The van der Waals surface area contributed by atoms with Crippen LogP contribution in [0.2, 0.25) is 0 Å². The summed E-state index contributed by atoms with van der Waals surface area (Å²) in [5.74, 6) is 0. The van der Waals surface area contributed by atoms with Gasteiger partial charge in [-0.2, -0.15) is 6.61 Å². The molecule has 0 aliphatic carbocycles. The van der Waals surface area contributed by atoms with Crippen molar-refractivity contribution in [2.24, 2.45) is 0 Å². The number of hydrogen-bond donors (Lipinski definition) is 0. The molecule has 0 aromatic rings. The van der Waals surface area contributed by atoms with E-state index in [1.807, 2.05) is 27.7 Å². The molecule has 92 valence electrons. The van der Waals surface area contributed by atoms with Gasteiger partial charge in [0.2, 0.25) is 0 Å². The van der Waals surface area contributed by atoms with Crippen LogP contribution >= 0.6 is 0 Å². The van der Waals surface area contributed by atoms with E-state index in [0.29, 0.717) is 13.0 Å². The fraction of sp³-hybridized carbons (Fsp3) is 0.667. The molecule has 1 saturated heterocycles. The Hall–Kier alpha value is -0.433. The van der Waals surface area contributed by atoms with Gasteiger partial charge in [-0.25, -0.2) is 4.79 Å². The summed E-state index contributed by atoms with van der Waals surface area (Å²) in [6.45, 7) is 13.1. The zero-order valence-electron chi connectivity index (χ0n) is 11.4. The molecule has 0 unspecified atom stereocenters. The Balaban J connectivity index is 0.00000256. The van der Waals surface area contributed by atoms with Crippen LogP contribution in [0.3, 0.4) is 0 Å². The Labute approximate surface area is 116 Å². The molecule has 17 heavy (non-hydrogen) atoms. The summed E-state index contributed by atoms with van der Waals surface area (Å²) in [5.41, 5.74) is -0.967. The van der Waals surface area contributed by atoms with Crippen molar-refractivity contribution in [3.63, 3.8) is 0 Å². The van der Waals surface area contributed by atoms with Crippen molar-refractivity contribution < 1.29 is 33.1 Å². The van der Waals surface area contributed by atoms with E-state index in [2.05, 4.69) is 6.58 Å². The third-order valence-corrected chi connectivity index (χ3v) is 2.55. The molecule has 0 radical (unpaired) electrons. The first-order valence-corrected chi connectivity index (χ1v) is 5.39. The summed E-state index contributed by atoms with van der Waals surface area (Å²) in [6, 6.07) is 0. The van der Waals surface area contributed by atoms with E-state index in [9.17, 15) is 4.79 Å². The number of carbonyl (C=O) groups is 1. The average molecular weight is 233 g/mol. The Kier molecular flexibility index (Phi) is 5.80. The van der Waals surface area contributed by atoms with Crippen molar-refractivity contribution in [3.05, 3.63) is 19.3 Å². The van der Waals surface area contributed by atoms with Crippen LogP contribution in [0.15, 0.2) is 12.7 Å². The predicted octanol–water partition coefficient (Wildman–Crippen LogP) is -0.288. The van der Waals surface area contributed by atoms with Gasteiger partial charge in [-0.3, -0.25) is 4.90 Å². The molecule has 0 bridgehead atoms. The summed E-state index contributed by atoms with van der Waals surface area (Å²) in [4.78, 5) is 13.5. The minimum atomic E-state index is -0.622. The van der Waals surface area contributed by atoms with Gasteiger partial charge in [0, 0.05) is 0 Å². The Bertz CT molecular complexity index is 273. The molecule has 1 amide bonds. The number of hydrogen-bond acceptors (Lipinski definition) is 3. The normalized spacial score (nSPS) is 20.6. The smallest absolute Gasteiger partial charge is 0.620 e. The van der Waals surface area contributed by atoms with Crippen LogP contribution in [0.1, 0.15) is 34.1 Å². The van der Waals surface area contributed by atoms with Gasteiger partial charge >= 0.3 is 25.0 Å². The van der Waals surface area contributed by atoms with E-state index in [4.69, 9.17) is 9.47 Å². The van der Waals surface area contributed by atoms with Crippen molar-refractivity contribution in [2.75, 3.05) is 6.61 Å². The number of ether oxygens (including phenoxy) is 2. The van der Waals surface area contributed by atoms with Gasteiger partial charge in [0.05, 0.1) is 12.1 Å². The molecule has 0 saturated carbocycles. The third-order valence-electron chi connectivity index (χ3n) is 2.55. The second-order valence-corrected chi connectivity index (χ2v) is 4.96. The maximum Gasteiger partial charge on any atom is 1.00 e. The molecule has 1 heterocycles. The van der Waals surface area contributed by atoms with E-state index < -0.39 is 5.72 Å². The zero-order valence-corrected chi connectivity index (χ0v) is 11.4. The van der Waals surface area contributed by atoms with Gasteiger partial charge in [0.1, 0.15) is 5.72 Å². The predicted molar refractivity (Wildman–Crippen MR) is 61.5 cm³/mol. The molecule has 0 N–H and O–H groups in total. The van der Waals surface area contributed by atoms with Crippen molar-refractivity contribution in [1.82, 2.24) is 4.90 Å². The summed E-state index contributed by atoms with van der Waals surface area (Å²) in [6.07, 6.45) is 1.83. The van der Waals surface area contributed by atoms with Crippen LogP contribution in [0, 0.1) is 6.61 Å². The molecule has 1 aliphatic rings. The van der Waals surface area contributed by atoms with Crippen molar-refractivity contribution in [2.45, 2.75) is 45.4 Å². The molecule has 1 rings (SSSR count). The SMILES string of the molecule is C=CC[CH-]OC(=O)N1C(C)(C)COC1(C)C.[Li+]. The Morgan fingerprint density at radius 3 is 2.53 bits per heavy atom. The molecule has 5 heteroatoms. The first-order valence-electron chi connectivity index (χ1n) is 5.39. The summed E-state index contributed by atoms with van der Waals surface area (Å²) < 4.78 is 10.6. The Morgan fingerprint density at radius 2 is 2.12 bits per heavy atom. The summed E-state index contributed by atoms with van der Waals surface area (Å²) >= 11 is 0. The third kappa shape index (κ3) is 3.77. The van der Waals surface area contributed by atoms with Gasteiger partial charge in [0.25, 0.3) is 0 Å². The number of nitrogens with zero attached hydrogens (tertiary/aromatic N) is 1. The van der Waals surface area contributed by atoms with E-state index in [1.54, 1.807) is 11.0 Å². The minimum Gasteiger partial charge on any atom is -0.620 e. The van der Waals surface area contributed by atoms with E-state index >= 15 is 0 Å². The fourth-order valence-corrected chi connectivity index (χ4v) is 1.92. The number of amides is 1. The second-order valence-electron chi connectivity index (χ2n) is 4.96. The van der Waals surface area contributed by atoms with E-state index in [-0.39, 0.29) is 30.5 Å². The topological polar surface area (TPSA) is 38.8 Å². The van der Waals surface area contributed by atoms with Crippen LogP contribution in [-0.4, -0.2) is 28.9 Å². The van der Waals surface area contributed by atoms with E-state index in [1.165, 1.54) is 6.61 Å². The van der Waals surface area contributed by atoms with E-state index in [0.717, 1.165) is 0 Å². The van der Waals surface area contributed by atoms with Crippen LogP contribution in [-0.2, 0) is 9.47 Å².